The molecule has 2 aromatic heterocycles. The van der Waals surface area contributed by atoms with E-state index in [2.05, 4.69) is 20.0 Å². The molecule has 4 rings (SSSR count). The van der Waals surface area contributed by atoms with E-state index in [0.717, 1.165) is 19.4 Å². The third kappa shape index (κ3) is 3.03. The summed E-state index contributed by atoms with van der Waals surface area (Å²) in [5.74, 6) is 1.11. The van der Waals surface area contributed by atoms with Gasteiger partial charge in [-0.15, -0.1) is 0 Å². The lowest BCUT2D eigenvalue weighted by Gasteiger charge is -2.21. The summed E-state index contributed by atoms with van der Waals surface area (Å²) in [5, 5.41) is 4.41. The molecule has 3 heterocycles. The summed E-state index contributed by atoms with van der Waals surface area (Å²) >= 11 is 0. The number of halogens is 1. The van der Waals surface area contributed by atoms with Crippen LogP contribution in [0.2, 0.25) is 0 Å². The van der Waals surface area contributed by atoms with Crippen LogP contribution in [0.5, 0.6) is 0 Å². The van der Waals surface area contributed by atoms with Gasteiger partial charge in [-0.3, -0.25) is 9.69 Å². The summed E-state index contributed by atoms with van der Waals surface area (Å²) in [5.41, 5.74) is 0.762. The number of rotatable bonds is 4. The molecular weight excluding hydrogens is 335 g/mol. The molecule has 0 saturated carbocycles. The van der Waals surface area contributed by atoms with Gasteiger partial charge in [0.1, 0.15) is 5.82 Å². The van der Waals surface area contributed by atoms with E-state index in [9.17, 15) is 9.18 Å². The Hall–Kier alpha value is -2.54. The van der Waals surface area contributed by atoms with Crippen LogP contribution in [0.25, 0.3) is 10.9 Å². The van der Waals surface area contributed by atoms with Crippen molar-refractivity contribution in [2.24, 2.45) is 0 Å². The highest BCUT2D eigenvalue weighted by Crippen LogP contribution is 2.32. The maximum atomic E-state index is 14.1. The molecule has 1 saturated heterocycles. The van der Waals surface area contributed by atoms with Gasteiger partial charge < -0.3 is 9.51 Å². The maximum Gasteiger partial charge on any atom is 0.244 e. The molecule has 7 heteroatoms. The first-order valence-electron chi connectivity index (χ1n) is 8.91. The Morgan fingerprint density at radius 2 is 2.27 bits per heavy atom. The molecule has 136 valence electrons. The van der Waals surface area contributed by atoms with Crippen LogP contribution in [0.1, 0.15) is 56.1 Å². The molecule has 0 radical (unpaired) electrons. The Kier molecular flexibility index (Phi) is 4.32. The number of nitrogens with zero attached hydrogens (tertiary/aromatic N) is 3. The summed E-state index contributed by atoms with van der Waals surface area (Å²) in [6, 6.07) is 6.10. The highest BCUT2D eigenvalue weighted by molar-refractivity contribution is 5.78. The monoisotopic (exact) mass is 356 g/mol. The van der Waals surface area contributed by atoms with Crippen molar-refractivity contribution in [3.8, 4) is 0 Å². The predicted octanol–water partition coefficient (Wildman–Crippen LogP) is 3.51. The van der Waals surface area contributed by atoms with E-state index in [-0.39, 0.29) is 22.9 Å². The van der Waals surface area contributed by atoms with Crippen LogP contribution < -0.4 is 5.43 Å². The minimum Gasteiger partial charge on any atom is -0.355 e. The van der Waals surface area contributed by atoms with Crippen molar-refractivity contribution in [2.45, 2.75) is 45.2 Å². The minimum atomic E-state index is -0.419. The van der Waals surface area contributed by atoms with Crippen molar-refractivity contribution in [3.05, 3.63) is 57.7 Å². The molecular formula is C19H21FN4O2. The average molecular weight is 356 g/mol. The van der Waals surface area contributed by atoms with Gasteiger partial charge >= 0.3 is 0 Å². The van der Waals surface area contributed by atoms with E-state index in [0.29, 0.717) is 29.3 Å². The van der Waals surface area contributed by atoms with Crippen molar-refractivity contribution in [1.29, 1.82) is 0 Å². The maximum absolute atomic E-state index is 14.1. The second-order valence-electron chi connectivity index (χ2n) is 7.10. The lowest BCUT2D eigenvalue weighted by molar-refractivity contribution is 0.199. The number of aromatic amines is 1. The molecule has 6 nitrogen and oxygen atoms in total. The molecule has 0 unspecified atom stereocenters. The first kappa shape index (κ1) is 16.9. The van der Waals surface area contributed by atoms with Crippen LogP contribution in [0, 0.1) is 5.82 Å². The fraction of sp³-hybridized carbons (Fsp3) is 0.421. The van der Waals surface area contributed by atoms with Gasteiger partial charge in [-0.05, 0) is 31.5 Å². The second kappa shape index (κ2) is 6.64. The van der Waals surface area contributed by atoms with Crippen LogP contribution in [0.3, 0.4) is 0 Å². The topological polar surface area (TPSA) is 75.0 Å². The van der Waals surface area contributed by atoms with E-state index in [1.54, 1.807) is 18.2 Å². The zero-order valence-electron chi connectivity index (χ0n) is 14.8. The van der Waals surface area contributed by atoms with Gasteiger partial charge in [-0.1, -0.05) is 25.1 Å². The van der Waals surface area contributed by atoms with Gasteiger partial charge in [0.05, 0.1) is 11.6 Å². The molecule has 1 fully saturated rings. The van der Waals surface area contributed by atoms with E-state index in [1.807, 2.05) is 13.8 Å². The Balaban J connectivity index is 1.62. The summed E-state index contributed by atoms with van der Waals surface area (Å²) in [6.07, 6.45) is 1.93. The van der Waals surface area contributed by atoms with Gasteiger partial charge in [-0.2, -0.15) is 4.98 Å². The van der Waals surface area contributed by atoms with Crippen LogP contribution in [0.4, 0.5) is 4.39 Å². The van der Waals surface area contributed by atoms with Crippen molar-refractivity contribution < 1.29 is 8.91 Å². The lowest BCUT2D eigenvalue weighted by atomic mass is 10.1. The molecule has 1 N–H and O–H groups in total. The van der Waals surface area contributed by atoms with Gasteiger partial charge in [0.2, 0.25) is 5.89 Å². The average Bonchev–Trinajstić information content (AvgIpc) is 3.25. The van der Waals surface area contributed by atoms with E-state index >= 15 is 0 Å². The second-order valence-corrected chi connectivity index (χ2v) is 7.10. The van der Waals surface area contributed by atoms with E-state index in [4.69, 9.17) is 4.52 Å². The molecule has 3 aromatic rings. The van der Waals surface area contributed by atoms with E-state index < -0.39 is 5.82 Å². The molecule has 1 atom stereocenters. The normalized spacial score (nSPS) is 18.2. The van der Waals surface area contributed by atoms with Gasteiger partial charge in [0.25, 0.3) is 0 Å². The summed E-state index contributed by atoms with van der Waals surface area (Å²) < 4.78 is 19.5. The zero-order chi connectivity index (χ0) is 18.3. The van der Waals surface area contributed by atoms with Crippen LogP contribution in [-0.2, 0) is 6.54 Å². The molecule has 0 amide bonds. The zero-order valence-corrected chi connectivity index (χ0v) is 14.8. The quantitative estimate of drug-likeness (QED) is 0.774. The van der Waals surface area contributed by atoms with Crippen molar-refractivity contribution in [3.63, 3.8) is 0 Å². The number of nitrogens with one attached hydrogen (secondary N) is 1. The van der Waals surface area contributed by atoms with Crippen molar-refractivity contribution in [1.82, 2.24) is 20.0 Å². The van der Waals surface area contributed by atoms with Crippen LogP contribution in [0.15, 0.2) is 33.6 Å². The number of aromatic nitrogens is 3. The lowest BCUT2D eigenvalue weighted by Crippen LogP contribution is -2.24. The van der Waals surface area contributed by atoms with Gasteiger partial charge in [0.15, 0.2) is 11.3 Å². The third-order valence-electron chi connectivity index (χ3n) is 4.87. The Morgan fingerprint density at radius 3 is 3.04 bits per heavy atom. The number of pyridine rings is 1. The van der Waals surface area contributed by atoms with Crippen molar-refractivity contribution >= 4 is 10.9 Å². The van der Waals surface area contributed by atoms with E-state index in [1.165, 1.54) is 6.07 Å². The smallest absolute Gasteiger partial charge is 0.244 e. The fourth-order valence-corrected chi connectivity index (χ4v) is 3.51. The number of para-hydroxylation sites is 1. The largest absolute Gasteiger partial charge is 0.355 e. The summed E-state index contributed by atoms with van der Waals surface area (Å²) in [7, 11) is 0. The standard InChI is InChI=1S/C19H21FN4O2/c1-11(2)18-22-19(26-23-18)15-7-4-8-24(15)10-12-9-16(25)13-5-3-6-14(20)17(13)21-12/h3,5-6,9,11,15H,4,7-8,10H2,1-2H3,(H,21,25)/t15-/m0/s1. The molecule has 0 bridgehead atoms. The summed E-state index contributed by atoms with van der Waals surface area (Å²) in [4.78, 5) is 22.1. The molecule has 26 heavy (non-hydrogen) atoms. The first-order valence-corrected chi connectivity index (χ1v) is 8.91. The number of hydrogen-bond acceptors (Lipinski definition) is 5. The highest BCUT2D eigenvalue weighted by Gasteiger charge is 2.31. The SMILES string of the molecule is CC(C)c1noc([C@@H]2CCCN2Cc2cc(=O)c3cccc(F)c3[nH]2)n1. The van der Waals surface area contributed by atoms with Crippen molar-refractivity contribution in [2.75, 3.05) is 6.54 Å². The molecule has 0 aliphatic carbocycles. The highest BCUT2D eigenvalue weighted by atomic mass is 19.1. The number of hydrogen-bond donors (Lipinski definition) is 1. The predicted molar refractivity (Wildman–Crippen MR) is 95.3 cm³/mol. The van der Waals surface area contributed by atoms with Crippen LogP contribution in [-0.4, -0.2) is 26.6 Å². The Labute approximate surface area is 150 Å². The van der Waals surface area contributed by atoms with Gasteiger partial charge in [-0.25, -0.2) is 4.39 Å². The Bertz CT molecular complexity index is 995. The first-order chi connectivity index (χ1) is 12.5. The molecule has 1 aliphatic heterocycles. The van der Waals surface area contributed by atoms with Crippen LogP contribution >= 0.6 is 0 Å². The molecule has 1 aromatic carbocycles. The number of H-pyrrole nitrogens is 1. The van der Waals surface area contributed by atoms with Gasteiger partial charge in [0, 0.05) is 29.6 Å². The minimum absolute atomic E-state index is 0.0230. The molecule has 0 spiro atoms. The number of likely N-dealkylation sites (tertiary alicyclic amines) is 1. The third-order valence-corrected chi connectivity index (χ3v) is 4.87. The Morgan fingerprint density at radius 1 is 1.42 bits per heavy atom. The number of benzene rings is 1. The molecule has 1 aliphatic rings. The fourth-order valence-electron chi connectivity index (χ4n) is 3.51. The number of fused-ring (bicyclic) bond motifs is 1. The summed E-state index contributed by atoms with van der Waals surface area (Å²) in [6.45, 7) is 5.41.